The van der Waals surface area contributed by atoms with Crippen LogP contribution in [0.2, 0.25) is 0 Å². The van der Waals surface area contributed by atoms with Gasteiger partial charge >= 0.3 is 0 Å². The van der Waals surface area contributed by atoms with E-state index in [0.717, 1.165) is 17.7 Å². The van der Waals surface area contributed by atoms with Crippen LogP contribution in [0.3, 0.4) is 0 Å². The van der Waals surface area contributed by atoms with Gasteiger partial charge in [0.2, 0.25) is 5.91 Å². The smallest absolute Gasteiger partial charge is 0.225 e. The van der Waals surface area contributed by atoms with Crippen molar-refractivity contribution in [2.75, 3.05) is 13.7 Å². The molecular weight excluding hydrogens is 318 g/mol. The Morgan fingerprint density at radius 3 is 2.80 bits per heavy atom. The number of hydrogen-bond donors (Lipinski definition) is 1. The lowest BCUT2D eigenvalue weighted by Crippen LogP contribution is -2.33. The molecule has 0 spiro atoms. The minimum absolute atomic E-state index is 0.0392. The summed E-state index contributed by atoms with van der Waals surface area (Å²) in [5, 5.41) is 3.06. The molecule has 1 heterocycles. The SMILES string of the molecule is COc1ccc(C(C)=O)cc1CC(=O)NC1CCOc2ccccc21. The Morgan fingerprint density at radius 2 is 2.04 bits per heavy atom. The minimum atomic E-state index is -0.110. The normalized spacial score (nSPS) is 15.7. The summed E-state index contributed by atoms with van der Waals surface area (Å²) in [6.45, 7) is 2.08. The molecule has 130 valence electrons. The van der Waals surface area contributed by atoms with E-state index in [1.54, 1.807) is 25.3 Å². The molecule has 0 fully saturated rings. The second-order valence-electron chi connectivity index (χ2n) is 6.05. The van der Waals surface area contributed by atoms with Crippen LogP contribution in [0.25, 0.3) is 0 Å². The van der Waals surface area contributed by atoms with E-state index in [4.69, 9.17) is 9.47 Å². The molecule has 2 aromatic rings. The Bertz CT molecular complexity index is 800. The van der Waals surface area contributed by atoms with Crippen molar-refractivity contribution < 1.29 is 19.1 Å². The molecule has 5 heteroatoms. The van der Waals surface area contributed by atoms with E-state index in [9.17, 15) is 9.59 Å². The Labute approximate surface area is 147 Å². The first-order valence-corrected chi connectivity index (χ1v) is 8.27. The first-order chi connectivity index (χ1) is 12.1. The summed E-state index contributed by atoms with van der Waals surface area (Å²) in [5.41, 5.74) is 2.26. The predicted octanol–water partition coefficient (Wildman–Crippen LogP) is 3.08. The molecule has 1 unspecified atom stereocenters. The molecule has 3 rings (SSSR count). The van der Waals surface area contributed by atoms with Crippen LogP contribution in [0.15, 0.2) is 42.5 Å². The number of hydrogen-bond acceptors (Lipinski definition) is 4. The first kappa shape index (κ1) is 17.0. The third-order valence-corrected chi connectivity index (χ3v) is 4.33. The first-order valence-electron chi connectivity index (χ1n) is 8.27. The summed E-state index contributed by atoms with van der Waals surface area (Å²) >= 11 is 0. The molecule has 1 aliphatic heterocycles. The third kappa shape index (κ3) is 3.82. The number of ether oxygens (including phenoxy) is 2. The maximum absolute atomic E-state index is 12.5. The Morgan fingerprint density at radius 1 is 1.24 bits per heavy atom. The molecule has 0 aliphatic carbocycles. The van der Waals surface area contributed by atoms with Gasteiger partial charge in [0.15, 0.2) is 5.78 Å². The van der Waals surface area contributed by atoms with Gasteiger partial charge in [-0.1, -0.05) is 18.2 Å². The number of para-hydroxylation sites is 1. The van der Waals surface area contributed by atoms with E-state index >= 15 is 0 Å². The number of benzene rings is 2. The van der Waals surface area contributed by atoms with E-state index in [1.807, 2.05) is 24.3 Å². The van der Waals surface area contributed by atoms with E-state index < -0.39 is 0 Å². The van der Waals surface area contributed by atoms with Crippen molar-refractivity contribution in [3.63, 3.8) is 0 Å². The lowest BCUT2D eigenvalue weighted by Gasteiger charge is -2.26. The number of Topliss-reactive ketones (excluding diaryl/α,β-unsaturated/α-hetero) is 1. The zero-order valence-electron chi connectivity index (χ0n) is 14.4. The highest BCUT2D eigenvalue weighted by Gasteiger charge is 2.23. The average Bonchev–Trinajstić information content (AvgIpc) is 2.62. The van der Waals surface area contributed by atoms with Crippen LogP contribution in [0.5, 0.6) is 11.5 Å². The van der Waals surface area contributed by atoms with Gasteiger partial charge in [-0.2, -0.15) is 0 Å². The van der Waals surface area contributed by atoms with Crippen molar-refractivity contribution >= 4 is 11.7 Å². The van der Waals surface area contributed by atoms with E-state index in [-0.39, 0.29) is 24.2 Å². The molecule has 2 aromatic carbocycles. The van der Waals surface area contributed by atoms with Gasteiger partial charge in [0.1, 0.15) is 11.5 Å². The second-order valence-corrected chi connectivity index (χ2v) is 6.05. The topological polar surface area (TPSA) is 64.6 Å². The summed E-state index contributed by atoms with van der Waals surface area (Å²) in [7, 11) is 1.55. The second kappa shape index (κ2) is 7.38. The zero-order chi connectivity index (χ0) is 17.8. The third-order valence-electron chi connectivity index (χ3n) is 4.33. The van der Waals surface area contributed by atoms with Gasteiger partial charge < -0.3 is 14.8 Å². The van der Waals surface area contributed by atoms with Gasteiger partial charge in [-0.05, 0) is 31.2 Å². The van der Waals surface area contributed by atoms with Crippen LogP contribution in [-0.4, -0.2) is 25.4 Å². The number of fused-ring (bicyclic) bond motifs is 1. The standard InChI is InChI=1S/C20H21NO4/c1-13(22)14-7-8-18(24-2)15(11-14)12-20(23)21-17-9-10-25-19-6-4-3-5-16(17)19/h3-8,11,17H,9-10,12H2,1-2H3,(H,21,23). The van der Waals surface area contributed by atoms with Gasteiger partial charge in [0, 0.05) is 23.1 Å². The lowest BCUT2D eigenvalue weighted by atomic mass is 9.99. The number of rotatable bonds is 5. The molecule has 1 N–H and O–H groups in total. The molecular formula is C20H21NO4. The molecule has 0 radical (unpaired) electrons. The van der Waals surface area contributed by atoms with Crippen LogP contribution in [0, 0.1) is 0 Å². The fourth-order valence-electron chi connectivity index (χ4n) is 3.05. The fraction of sp³-hybridized carbons (Fsp3) is 0.300. The molecule has 0 bridgehead atoms. The van der Waals surface area contributed by atoms with Crippen LogP contribution in [-0.2, 0) is 11.2 Å². The summed E-state index contributed by atoms with van der Waals surface area (Å²) in [6, 6.07) is 12.8. The fourth-order valence-corrected chi connectivity index (χ4v) is 3.05. The van der Waals surface area contributed by atoms with Crippen LogP contribution in [0.4, 0.5) is 0 Å². The number of methoxy groups -OCH3 is 1. The van der Waals surface area contributed by atoms with Crippen LogP contribution < -0.4 is 14.8 Å². The van der Waals surface area contributed by atoms with Crippen molar-refractivity contribution in [2.24, 2.45) is 0 Å². The van der Waals surface area contributed by atoms with E-state index in [2.05, 4.69) is 5.32 Å². The molecule has 1 amide bonds. The maximum Gasteiger partial charge on any atom is 0.225 e. The minimum Gasteiger partial charge on any atom is -0.496 e. The molecule has 25 heavy (non-hydrogen) atoms. The van der Waals surface area contributed by atoms with Gasteiger partial charge in [-0.15, -0.1) is 0 Å². The van der Waals surface area contributed by atoms with Crippen molar-refractivity contribution in [2.45, 2.75) is 25.8 Å². The van der Waals surface area contributed by atoms with Gasteiger partial charge in [0.05, 0.1) is 26.2 Å². The molecule has 5 nitrogen and oxygen atoms in total. The van der Waals surface area contributed by atoms with Gasteiger partial charge in [0.25, 0.3) is 0 Å². The van der Waals surface area contributed by atoms with Gasteiger partial charge in [-0.25, -0.2) is 0 Å². The highest BCUT2D eigenvalue weighted by molar-refractivity contribution is 5.94. The van der Waals surface area contributed by atoms with Crippen LogP contribution >= 0.6 is 0 Å². The molecule has 0 aromatic heterocycles. The number of carbonyl (C=O) groups excluding carboxylic acids is 2. The Kier molecular flexibility index (Phi) is 5.03. The zero-order valence-corrected chi connectivity index (χ0v) is 14.4. The summed E-state index contributed by atoms with van der Waals surface area (Å²) in [5.74, 6) is 1.27. The summed E-state index contributed by atoms with van der Waals surface area (Å²) in [6.07, 6.45) is 0.886. The predicted molar refractivity (Wildman–Crippen MR) is 94.1 cm³/mol. The average molecular weight is 339 g/mol. The van der Waals surface area contributed by atoms with E-state index in [0.29, 0.717) is 23.5 Å². The molecule has 1 aliphatic rings. The highest BCUT2D eigenvalue weighted by atomic mass is 16.5. The lowest BCUT2D eigenvalue weighted by molar-refractivity contribution is -0.121. The number of carbonyl (C=O) groups is 2. The number of nitrogens with one attached hydrogen (secondary N) is 1. The molecule has 0 saturated carbocycles. The molecule has 0 saturated heterocycles. The van der Waals surface area contributed by atoms with Crippen molar-refractivity contribution in [1.82, 2.24) is 5.32 Å². The van der Waals surface area contributed by atoms with E-state index in [1.165, 1.54) is 6.92 Å². The molecule has 1 atom stereocenters. The Balaban J connectivity index is 1.75. The van der Waals surface area contributed by atoms with Crippen molar-refractivity contribution in [1.29, 1.82) is 0 Å². The summed E-state index contributed by atoms with van der Waals surface area (Å²) < 4.78 is 10.9. The Hall–Kier alpha value is -2.82. The van der Waals surface area contributed by atoms with Crippen LogP contribution in [0.1, 0.15) is 40.9 Å². The number of ketones is 1. The highest BCUT2D eigenvalue weighted by Crippen LogP contribution is 2.31. The quantitative estimate of drug-likeness (QED) is 0.850. The maximum atomic E-state index is 12.5. The largest absolute Gasteiger partial charge is 0.496 e. The summed E-state index contributed by atoms with van der Waals surface area (Å²) in [4.78, 5) is 24.1. The van der Waals surface area contributed by atoms with Crippen molar-refractivity contribution in [3.8, 4) is 11.5 Å². The van der Waals surface area contributed by atoms with Crippen molar-refractivity contribution in [3.05, 3.63) is 59.2 Å². The monoisotopic (exact) mass is 339 g/mol. The number of amides is 1. The van der Waals surface area contributed by atoms with Gasteiger partial charge in [-0.3, -0.25) is 9.59 Å².